The largest absolute Gasteiger partial charge is 0.373 e. The summed E-state index contributed by atoms with van der Waals surface area (Å²) in [7, 11) is 1.78. The van der Waals surface area contributed by atoms with Crippen molar-refractivity contribution in [1.82, 2.24) is 24.7 Å². The molecule has 3 aromatic heterocycles. The molecule has 0 saturated heterocycles. The Morgan fingerprint density at radius 3 is 2.70 bits per heavy atom. The molecule has 1 aromatic carbocycles. The molecule has 3 heterocycles. The number of fused-ring (bicyclic) bond motifs is 1. The highest BCUT2D eigenvalue weighted by Crippen LogP contribution is 2.28. The van der Waals surface area contributed by atoms with Crippen molar-refractivity contribution in [1.29, 1.82) is 5.26 Å². The van der Waals surface area contributed by atoms with E-state index in [4.69, 9.17) is 11.6 Å². The number of nitrogens with zero attached hydrogens (tertiary/aromatic N) is 6. The maximum Gasteiger partial charge on any atom is 0.137 e. The Labute approximate surface area is 159 Å². The average molecular weight is 377 g/mol. The van der Waals surface area contributed by atoms with Gasteiger partial charge in [-0.05, 0) is 12.1 Å². The minimum Gasteiger partial charge on any atom is -0.373 e. The van der Waals surface area contributed by atoms with Crippen molar-refractivity contribution >= 4 is 40.0 Å². The van der Waals surface area contributed by atoms with E-state index in [2.05, 4.69) is 36.8 Å². The number of rotatable bonds is 4. The van der Waals surface area contributed by atoms with E-state index >= 15 is 0 Å². The minimum atomic E-state index is 0.438. The van der Waals surface area contributed by atoms with Gasteiger partial charge in [0, 0.05) is 30.8 Å². The maximum absolute atomic E-state index is 9.42. The first-order valence-electron chi connectivity index (χ1n) is 7.99. The molecule has 0 atom stereocenters. The molecule has 4 rings (SSSR count). The molecule has 0 aliphatic rings. The normalized spacial score (nSPS) is 10.6. The van der Waals surface area contributed by atoms with Gasteiger partial charge in [-0.1, -0.05) is 17.7 Å². The third kappa shape index (κ3) is 3.12. The molecule has 0 radical (unpaired) electrons. The number of benzene rings is 1. The highest BCUT2D eigenvalue weighted by atomic mass is 35.5. The van der Waals surface area contributed by atoms with E-state index in [9.17, 15) is 5.26 Å². The van der Waals surface area contributed by atoms with Gasteiger partial charge >= 0.3 is 0 Å². The summed E-state index contributed by atoms with van der Waals surface area (Å²) in [6, 6.07) is 10.9. The summed E-state index contributed by atoms with van der Waals surface area (Å²) in [5.74, 6) is 1.87. The van der Waals surface area contributed by atoms with Crippen LogP contribution < -0.4 is 10.6 Å². The molecule has 9 heteroatoms. The van der Waals surface area contributed by atoms with E-state index in [1.807, 2.05) is 6.07 Å². The van der Waals surface area contributed by atoms with E-state index in [0.717, 1.165) is 10.9 Å². The Morgan fingerprint density at radius 2 is 1.89 bits per heavy atom. The van der Waals surface area contributed by atoms with Crippen molar-refractivity contribution in [3.05, 3.63) is 59.6 Å². The second-order valence-electron chi connectivity index (χ2n) is 5.60. The fraction of sp³-hybridized carbons (Fsp3) is 0.0556. The number of anilines is 3. The van der Waals surface area contributed by atoms with Crippen molar-refractivity contribution in [2.75, 3.05) is 17.7 Å². The smallest absolute Gasteiger partial charge is 0.137 e. The fourth-order valence-corrected chi connectivity index (χ4v) is 2.94. The van der Waals surface area contributed by atoms with Crippen LogP contribution in [0.1, 0.15) is 5.56 Å². The average Bonchev–Trinajstić information content (AvgIpc) is 3.10. The molecule has 4 aromatic rings. The van der Waals surface area contributed by atoms with E-state index in [-0.39, 0.29) is 0 Å². The molecule has 0 fully saturated rings. The highest BCUT2D eigenvalue weighted by molar-refractivity contribution is 6.32. The Bertz CT molecular complexity index is 1180. The molecule has 0 aliphatic carbocycles. The van der Waals surface area contributed by atoms with Crippen molar-refractivity contribution in [3.8, 4) is 11.8 Å². The predicted octanol–water partition coefficient (Wildman–Crippen LogP) is 3.52. The summed E-state index contributed by atoms with van der Waals surface area (Å²) in [5, 5.41) is 21.2. The number of para-hydroxylation sites is 1. The second kappa shape index (κ2) is 6.90. The molecule has 0 bridgehead atoms. The molecule has 132 valence electrons. The van der Waals surface area contributed by atoms with Crippen LogP contribution in [0.5, 0.6) is 0 Å². The van der Waals surface area contributed by atoms with Crippen LogP contribution in [-0.4, -0.2) is 31.8 Å². The van der Waals surface area contributed by atoms with E-state index < -0.39 is 0 Å². The van der Waals surface area contributed by atoms with Gasteiger partial charge in [0.25, 0.3) is 0 Å². The lowest BCUT2D eigenvalue weighted by molar-refractivity contribution is 0.907. The summed E-state index contributed by atoms with van der Waals surface area (Å²) in [6.07, 6.45) is 4.84. The Kier molecular flexibility index (Phi) is 4.28. The molecule has 0 unspecified atom stereocenters. The van der Waals surface area contributed by atoms with Crippen molar-refractivity contribution in [3.63, 3.8) is 0 Å². The van der Waals surface area contributed by atoms with Crippen LogP contribution in [-0.2, 0) is 0 Å². The van der Waals surface area contributed by atoms with Gasteiger partial charge in [-0.3, -0.25) is 0 Å². The summed E-state index contributed by atoms with van der Waals surface area (Å²) < 4.78 is 1.64. The van der Waals surface area contributed by atoms with E-state index in [0.29, 0.717) is 33.7 Å². The summed E-state index contributed by atoms with van der Waals surface area (Å²) in [6.45, 7) is 0. The van der Waals surface area contributed by atoms with Crippen LogP contribution in [0.2, 0.25) is 5.02 Å². The number of nitrogens with one attached hydrogen (secondary N) is 2. The van der Waals surface area contributed by atoms with Gasteiger partial charge in [-0.2, -0.15) is 10.4 Å². The highest BCUT2D eigenvalue weighted by Gasteiger charge is 2.14. The molecule has 0 aliphatic heterocycles. The Morgan fingerprint density at radius 1 is 1.07 bits per heavy atom. The zero-order valence-electron chi connectivity index (χ0n) is 14.2. The van der Waals surface area contributed by atoms with Gasteiger partial charge in [0.15, 0.2) is 0 Å². The van der Waals surface area contributed by atoms with Crippen LogP contribution in [0.4, 0.5) is 17.5 Å². The molecule has 0 amide bonds. The quantitative estimate of drug-likeness (QED) is 0.561. The molecule has 0 spiro atoms. The van der Waals surface area contributed by atoms with Crippen molar-refractivity contribution < 1.29 is 0 Å². The van der Waals surface area contributed by atoms with Crippen molar-refractivity contribution in [2.45, 2.75) is 0 Å². The molecular weight excluding hydrogens is 364 g/mol. The first-order valence-corrected chi connectivity index (χ1v) is 8.37. The number of nitriles is 1. The van der Waals surface area contributed by atoms with Crippen molar-refractivity contribution in [2.24, 2.45) is 0 Å². The molecule has 0 saturated carbocycles. The molecule has 2 N–H and O–H groups in total. The number of aromatic nitrogens is 5. The third-order valence-electron chi connectivity index (χ3n) is 3.95. The lowest BCUT2D eigenvalue weighted by Crippen LogP contribution is -2.02. The van der Waals surface area contributed by atoms with Gasteiger partial charge in [0.2, 0.25) is 0 Å². The van der Waals surface area contributed by atoms with Gasteiger partial charge in [-0.25, -0.2) is 19.6 Å². The number of halogens is 1. The van der Waals surface area contributed by atoms with Gasteiger partial charge in [0.1, 0.15) is 35.5 Å². The monoisotopic (exact) mass is 376 g/mol. The Balaban J connectivity index is 1.80. The minimum absolute atomic E-state index is 0.438. The standard InChI is InChI=1S/C18H13ClN8/c1-21-15-6-17(24-10-23-15)26-16-5-14-12(8-22-16)9-25-27(14)18-11(7-20)3-2-4-13(18)19/h2-6,8-10H,1H3,(H2,21,22,23,24,26). The molecule has 27 heavy (non-hydrogen) atoms. The topological polar surface area (TPSA) is 104 Å². The first-order chi connectivity index (χ1) is 13.2. The third-order valence-corrected chi connectivity index (χ3v) is 4.26. The van der Waals surface area contributed by atoms with Crippen LogP contribution in [0.25, 0.3) is 16.6 Å². The van der Waals surface area contributed by atoms with Gasteiger partial charge in [-0.15, -0.1) is 0 Å². The zero-order valence-corrected chi connectivity index (χ0v) is 14.9. The fourth-order valence-electron chi connectivity index (χ4n) is 2.68. The lowest BCUT2D eigenvalue weighted by atomic mass is 10.2. The SMILES string of the molecule is CNc1cc(Nc2cc3c(cn2)cnn3-c2c(Cl)cccc2C#N)ncn1. The van der Waals surface area contributed by atoms with Gasteiger partial charge < -0.3 is 10.6 Å². The van der Waals surface area contributed by atoms with Crippen LogP contribution in [0.15, 0.2) is 49.1 Å². The molecular formula is C18H13ClN8. The Hall–Kier alpha value is -3.70. The van der Waals surface area contributed by atoms with Crippen LogP contribution in [0.3, 0.4) is 0 Å². The molecule has 8 nitrogen and oxygen atoms in total. The summed E-state index contributed by atoms with van der Waals surface area (Å²) in [5.41, 5.74) is 1.74. The maximum atomic E-state index is 9.42. The van der Waals surface area contributed by atoms with E-state index in [1.165, 1.54) is 6.33 Å². The number of pyridine rings is 1. The summed E-state index contributed by atoms with van der Waals surface area (Å²) in [4.78, 5) is 12.7. The first kappa shape index (κ1) is 16.8. The lowest BCUT2D eigenvalue weighted by Gasteiger charge is -2.09. The number of hydrogen-bond acceptors (Lipinski definition) is 7. The zero-order chi connectivity index (χ0) is 18.8. The van der Waals surface area contributed by atoms with E-state index in [1.54, 1.807) is 48.4 Å². The van der Waals surface area contributed by atoms with Crippen LogP contribution >= 0.6 is 11.6 Å². The summed E-state index contributed by atoms with van der Waals surface area (Å²) >= 11 is 6.34. The second-order valence-corrected chi connectivity index (χ2v) is 6.00. The number of hydrogen-bond donors (Lipinski definition) is 2. The van der Waals surface area contributed by atoms with Crippen LogP contribution in [0, 0.1) is 11.3 Å². The predicted molar refractivity (Wildman–Crippen MR) is 103 cm³/mol. The van der Waals surface area contributed by atoms with Gasteiger partial charge in [0.05, 0.1) is 22.3 Å².